The third kappa shape index (κ3) is 5.42. The van der Waals surface area contributed by atoms with Crippen molar-refractivity contribution in [2.24, 2.45) is 0 Å². The molecule has 1 aliphatic rings. The Morgan fingerprint density at radius 1 is 1.65 bits per heavy atom. The summed E-state index contributed by atoms with van der Waals surface area (Å²) in [7, 11) is 0. The van der Waals surface area contributed by atoms with Gasteiger partial charge in [-0.1, -0.05) is 6.92 Å². The minimum absolute atomic E-state index is 0.123. The lowest BCUT2D eigenvalue weighted by Crippen LogP contribution is -2.49. The maximum atomic E-state index is 12.0. The van der Waals surface area contributed by atoms with E-state index < -0.39 is 0 Å². The molecule has 0 aromatic carbocycles. The van der Waals surface area contributed by atoms with Crippen LogP contribution in [0.3, 0.4) is 0 Å². The van der Waals surface area contributed by atoms with Gasteiger partial charge in [-0.15, -0.1) is 0 Å². The average Bonchev–Trinajstić information content (AvgIpc) is 2.36. The lowest BCUT2D eigenvalue weighted by atomic mass is 10.2. The van der Waals surface area contributed by atoms with Gasteiger partial charge in [0.1, 0.15) is 0 Å². The molecule has 1 heterocycles. The zero-order valence-corrected chi connectivity index (χ0v) is 12.7. The van der Waals surface area contributed by atoms with Crippen LogP contribution in [-0.4, -0.2) is 53.1 Å². The molecule has 3 nitrogen and oxygen atoms in total. The molecule has 0 bridgehead atoms. The summed E-state index contributed by atoms with van der Waals surface area (Å²) >= 11 is 3.82. The first-order valence-corrected chi connectivity index (χ1v) is 8.77. The molecule has 1 rings (SSSR count). The Bertz CT molecular complexity index is 239. The molecule has 1 fully saturated rings. The van der Waals surface area contributed by atoms with Crippen molar-refractivity contribution in [2.45, 2.75) is 38.0 Å². The average molecular weight is 276 g/mol. The Morgan fingerprint density at radius 2 is 2.41 bits per heavy atom. The van der Waals surface area contributed by atoms with Gasteiger partial charge in [-0.3, -0.25) is 0 Å². The molecule has 1 N–H and O–H groups in total. The largest absolute Gasteiger partial charge is 0.336 e. The molecule has 0 spiro atoms. The number of carbonyl (C=O) groups is 1. The van der Waals surface area contributed by atoms with E-state index in [0.717, 1.165) is 37.4 Å². The van der Waals surface area contributed by atoms with Gasteiger partial charge in [-0.05, 0) is 31.8 Å². The molecule has 0 radical (unpaired) electrons. The topological polar surface area (TPSA) is 32.3 Å². The van der Waals surface area contributed by atoms with E-state index in [1.54, 1.807) is 0 Å². The highest BCUT2D eigenvalue weighted by molar-refractivity contribution is 8.00. The predicted molar refractivity (Wildman–Crippen MR) is 79.1 cm³/mol. The quantitative estimate of drug-likeness (QED) is 0.838. The number of nitrogens with one attached hydrogen (secondary N) is 1. The van der Waals surface area contributed by atoms with Crippen LogP contribution in [0.5, 0.6) is 0 Å². The lowest BCUT2D eigenvalue weighted by molar-refractivity contribution is 0.195. The van der Waals surface area contributed by atoms with Crippen molar-refractivity contribution in [3.8, 4) is 0 Å². The van der Waals surface area contributed by atoms with Gasteiger partial charge in [0.15, 0.2) is 0 Å². The molecule has 0 aromatic heterocycles. The SMILES string of the molecule is CC[C@H]1CN(C(=O)N[C@H](C)CCSC)CCS1. The van der Waals surface area contributed by atoms with Crippen LogP contribution in [0.15, 0.2) is 0 Å². The van der Waals surface area contributed by atoms with Crippen molar-refractivity contribution < 1.29 is 4.79 Å². The van der Waals surface area contributed by atoms with Gasteiger partial charge in [-0.25, -0.2) is 4.79 Å². The van der Waals surface area contributed by atoms with E-state index in [4.69, 9.17) is 0 Å². The number of amides is 2. The predicted octanol–water partition coefficient (Wildman–Crippen LogP) is 2.67. The molecule has 100 valence electrons. The van der Waals surface area contributed by atoms with E-state index in [-0.39, 0.29) is 12.1 Å². The Morgan fingerprint density at radius 3 is 3.06 bits per heavy atom. The van der Waals surface area contributed by atoms with E-state index in [9.17, 15) is 4.79 Å². The monoisotopic (exact) mass is 276 g/mol. The fraction of sp³-hybridized carbons (Fsp3) is 0.917. The maximum absolute atomic E-state index is 12.0. The molecular formula is C12H24N2OS2. The van der Waals surface area contributed by atoms with Crippen molar-refractivity contribution >= 4 is 29.6 Å². The van der Waals surface area contributed by atoms with Gasteiger partial charge >= 0.3 is 6.03 Å². The fourth-order valence-corrected chi connectivity index (χ4v) is 3.59. The Hall–Kier alpha value is -0.0300. The first kappa shape index (κ1) is 15.0. The van der Waals surface area contributed by atoms with Crippen molar-refractivity contribution in [3.63, 3.8) is 0 Å². The molecule has 2 atom stereocenters. The summed E-state index contributed by atoms with van der Waals surface area (Å²) in [6.45, 7) is 6.08. The third-order valence-corrected chi connectivity index (χ3v) is 5.02. The molecule has 0 aliphatic carbocycles. The number of hydrogen-bond donors (Lipinski definition) is 1. The van der Waals surface area contributed by atoms with E-state index in [1.807, 2.05) is 28.4 Å². The van der Waals surface area contributed by atoms with Crippen LogP contribution in [0.25, 0.3) is 0 Å². The summed E-state index contributed by atoms with van der Waals surface area (Å²) in [5.41, 5.74) is 0. The van der Waals surface area contributed by atoms with Crippen molar-refractivity contribution in [1.82, 2.24) is 10.2 Å². The van der Waals surface area contributed by atoms with E-state index in [1.165, 1.54) is 0 Å². The number of nitrogens with zero attached hydrogens (tertiary/aromatic N) is 1. The third-order valence-electron chi connectivity index (χ3n) is 3.01. The number of rotatable bonds is 5. The highest BCUT2D eigenvalue weighted by atomic mass is 32.2. The Labute approximate surface area is 113 Å². The zero-order valence-electron chi connectivity index (χ0n) is 11.1. The number of carbonyl (C=O) groups excluding carboxylic acids is 1. The lowest BCUT2D eigenvalue weighted by Gasteiger charge is -2.32. The maximum Gasteiger partial charge on any atom is 0.317 e. The fourth-order valence-electron chi connectivity index (χ4n) is 1.82. The van der Waals surface area contributed by atoms with Crippen LogP contribution in [0.1, 0.15) is 26.7 Å². The molecule has 1 saturated heterocycles. The van der Waals surface area contributed by atoms with E-state index >= 15 is 0 Å². The minimum atomic E-state index is 0.123. The highest BCUT2D eigenvalue weighted by Gasteiger charge is 2.23. The van der Waals surface area contributed by atoms with E-state index in [0.29, 0.717) is 5.25 Å². The Kier molecular flexibility index (Phi) is 7.19. The van der Waals surface area contributed by atoms with Gasteiger partial charge in [0, 0.05) is 30.1 Å². The molecular weight excluding hydrogens is 252 g/mol. The number of hydrogen-bond acceptors (Lipinski definition) is 3. The summed E-state index contributed by atoms with van der Waals surface area (Å²) in [4.78, 5) is 14.0. The van der Waals surface area contributed by atoms with Gasteiger partial charge < -0.3 is 10.2 Å². The number of urea groups is 1. The summed E-state index contributed by atoms with van der Waals surface area (Å²) in [6.07, 6.45) is 4.30. The minimum Gasteiger partial charge on any atom is -0.336 e. The van der Waals surface area contributed by atoms with Gasteiger partial charge in [0.25, 0.3) is 0 Å². The molecule has 5 heteroatoms. The van der Waals surface area contributed by atoms with Crippen LogP contribution < -0.4 is 5.32 Å². The molecule has 17 heavy (non-hydrogen) atoms. The van der Waals surface area contributed by atoms with Gasteiger partial charge in [0.05, 0.1) is 0 Å². The summed E-state index contributed by atoms with van der Waals surface area (Å²) in [5, 5.41) is 3.71. The van der Waals surface area contributed by atoms with Crippen LogP contribution in [0.4, 0.5) is 4.79 Å². The van der Waals surface area contributed by atoms with Crippen LogP contribution in [0, 0.1) is 0 Å². The second-order valence-corrected chi connectivity index (χ2v) is 6.87. The first-order chi connectivity index (χ1) is 8.17. The van der Waals surface area contributed by atoms with Gasteiger partial charge in [-0.2, -0.15) is 23.5 Å². The molecule has 0 unspecified atom stereocenters. The first-order valence-electron chi connectivity index (χ1n) is 6.33. The molecule has 0 saturated carbocycles. The zero-order chi connectivity index (χ0) is 12.7. The normalized spacial score (nSPS) is 22.3. The van der Waals surface area contributed by atoms with Crippen molar-refractivity contribution in [3.05, 3.63) is 0 Å². The van der Waals surface area contributed by atoms with Crippen LogP contribution in [-0.2, 0) is 0 Å². The van der Waals surface area contributed by atoms with Crippen LogP contribution in [0.2, 0.25) is 0 Å². The summed E-state index contributed by atoms with van der Waals surface area (Å²) < 4.78 is 0. The van der Waals surface area contributed by atoms with Crippen molar-refractivity contribution in [1.29, 1.82) is 0 Å². The Balaban J connectivity index is 2.31. The molecule has 2 amide bonds. The second-order valence-electron chi connectivity index (χ2n) is 4.48. The molecule has 1 aliphatic heterocycles. The van der Waals surface area contributed by atoms with Crippen molar-refractivity contribution in [2.75, 3.05) is 30.9 Å². The summed E-state index contributed by atoms with van der Waals surface area (Å²) in [5.74, 6) is 2.18. The van der Waals surface area contributed by atoms with Gasteiger partial charge in [0.2, 0.25) is 0 Å². The second kappa shape index (κ2) is 8.14. The smallest absolute Gasteiger partial charge is 0.317 e. The molecule has 0 aromatic rings. The van der Waals surface area contributed by atoms with E-state index in [2.05, 4.69) is 25.4 Å². The standard InChI is InChI=1S/C12H24N2OS2/c1-4-11-9-14(6-8-17-11)12(15)13-10(2)5-7-16-3/h10-11H,4-9H2,1-3H3,(H,13,15)/t10-,11+/m1/s1. The van der Waals surface area contributed by atoms with Crippen LogP contribution >= 0.6 is 23.5 Å². The highest BCUT2D eigenvalue weighted by Crippen LogP contribution is 2.21. The summed E-state index contributed by atoms with van der Waals surface area (Å²) in [6, 6.07) is 0.405. The number of thioether (sulfide) groups is 2.